The van der Waals surface area contributed by atoms with Crippen molar-refractivity contribution in [2.45, 2.75) is 32.9 Å². The van der Waals surface area contributed by atoms with Crippen LogP contribution in [0.1, 0.15) is 23.6 Å². The van der Waals surface area contributed by atoms with E-state index < -0.39 is 5.60 Å². The summed E-state index contributed by atoms with van der Waals surface area (Å²) < 4.78 is 1.59. The molecule has 0 spiro atoms. The van der Waals surface area contributed by atoms with Crippen molar-refractivity contribution >= 4 is 40.0 Å². The van der Waals surface area contributed by atoms with E-state index in [0.29, 0.717) is 9.47 Å². The molecule has 0 fully saturated rings. The number of aryl methyl sites for hydroxylation is 2. The van der Waals surface area contributed by atoms with Crippen molar-refractivity contribution in [2.24, 2.45) is 5.92 Å². The van der Waals surface area contributed by atoms with E-state index >= 15 is 0 Å². The van der Waals surface area contributed by atoms with E-state index in [1.165, 1.54) is 6.33 Å². The Labute approximate surface area is 166 Å². The molecule has 8 heteroatoms. The van der Waals surface area contributed by atoms with Crippen LogP contribution in [0.4, 0.5) is 0 Å². The number of rotatable bonds is 5. The summed E-state index contributed by atoms with van der Waals surface area (Å²) in [6.45, 7) is 5.98. The summed E-state index contributed by atoms with van der Waals surface area (Å²) in [6, 6.07) is 5.93. The first kappa shape index (κ1) is 21.4. The third-order valence-electron chi connectivity index (χ3n) is 3.81. The van der Waals surface area contributed by atoms with Crippen molar-refractivity contribution in [2.75, 3.05) is 6.61 Å². The zero-order chi connectivity index (χ0) is 17.5. The van der Waals surface area contributed by atoms with Crippen LogP contribution in [0.15, 0.2) is 30.9 Å². The van der Waals surface area contributed by atoms with Gasteiger partial charge in [-0.1, -0.05) is 30.7 Å². The summed E-state index contributed by atoms with van der Waals surface area (Å²) in [6.07, 6.45) is 3.00. The van der Waals surface area contributed by atoms with Crippen LogP contribution in [0.5, 0.6) is 0 Å². The van der Waals surface area contributed by atoms with E-state index in [1.54, 1.807) is 11.0 Å². The number of nitrogens with zero attached hydrogens (tertiary/aromatic N) is 3. The molecule has 2 atom stereocenters. The van der Waals surface area contributed by atoms with Gasteiger partial charge >= 0.3 is 49.4 Å². The van der Waals surface area contributed by atoms with Crippen LogP contribution in [-0.4, -0.2) is 31.6 Å². The molecular formula is C15H21I2N3O2V. The van der Waals surface area contributed by atoms with Gasteiger partial charge in [0.05, 0.1) is 6.54 Å². The molecule has 5 nitrogen and oxygen atoms in total. The second-order valence-electron chi connectivity index (χ2n) is 5.48. The molecule has 0 aliphatic heterocycles. The topological polar surface area (TPSA) is 71.2 Å². The van der Waals surface area contributed by atoms with Crippen molar-refractivity contribution in [3.05, 3.63) is 47.5 Å². The molecular weight excluding hydrogens is 559 g/mol. The first-order chi connectivity index (χ1) is 10.9. The van der Waals surface area contributed by atoms with Gasteiger partial charge in [-0.25, -0.2) is 9.67 Å². The Hall–Kier alpha value is 0.324. The summed E-state index contributed by atoms with van der Waals surface area (Å²) in [5, 5.41) is 24.7. The maximum atomic E-state index is 11.1. The molecule has 1 aromatic heterocycles. The van der Waals surface area contributed by atoms with Crippen LogP contribution < -0.4 is 0 Å². The number of hydrogen-bond donors (Lipinski definition) is 2. The molecule has 23 heavy (non-hydrogen) atoms. The molecule has 2 rings (SSSR count). The Balaban J connectivity index is 0.000000816. The number of halogens is 2. The van der Waals surface area contributed by atoms with Crippen molar-refractivity contribution in [1.29, 1.82) is 0 Å². The Morgan fingerprint density at radius 1 is 1.35 bits per heavy atom. The average molecular weight is 580 g/mol. The molecule has 0 radical (unpaired) electrons. The molecule has 0 unspecified atom stereocenters. The summed E-state index contributed by atoms with van der Waals surface area (Å²) in [5.74, 6) is -0.312. The van der Waals surface area contributed by atoms with E-state index in [9.17, 15) is 10.2 Å². The van der Waals surface area contributed by atoms with Gasteiger partial charge in [0.1, 0.15) is 18.3 Å². The van der Waals surface area contributed by atoms with Crippen LogP contribution in [0.2, 0.25) is 0 Å². The summed E-state index contributed by atoms with van der Waals surface area (Å²) in [7, 11) is 0.628. The molecule has 0 amide bonds. The molecule has 127 valence electrons. The monoisotopic (exact) mass is 580 g/mol. The molecule has 0 saturated carbocycles. The SMILES string of the molecule is Cc1ccc([C@@](O)(Cn2cncn2)[C@@H](C)CO)c(C)c1.[I][V][I]. The van der Waals surface area contributed by atoms with E-state index in [0.717, 1.165) is 16.7 Å². The van der Waals surface area contributed by atoms with Gasteiger partial charge in [0.25, 0.3) is 0 Å². The summed E-state index contributed by atoms with van der Waals surface area (Å²) in [4.78, 5) is 3.90. The third-order valence-corrected chi connectivity index (χ3v) is 3.81. The minimum atomic E-state index is -1.18. The number of benzene rings is 1. The van der Waals surface area contributed by atoms with Gasteiger partial charge in [0, 0.05) is 12.5 Å². The van der Waals surface area contributed by atoms with Gasteiger partial charge in [0.2, 0.25) is 0 Å². The molecule has 1 heterocycles. The van der Waals surface area contributed by atoms with Gasteiger partial charge in [0.15, 0.2) is 0 Å². The number of aliphatic hydroxyl groups is 2. The fourth-order valence-corrected chi connectivity index (χ4v) is 2.52. The van der Waals surface area contributed by atoms with Crippen LogP contribution in [-0.2, 0) is 21.6 Å². The zero-order valence-corrected chi connectivity index (χ0v) is 19.0. The number of hydrogen-bond acceptors (Lipinski definition) is 4. The van der Waals surface area contributed by atoms with Crippen LogP contribution in [0, 0.1) is 19.8 Å². The number of aromatic nitrogens is 3. The van der Waals surface area contributed by atoms with Crippen LogP contribution in [0.25, 0.3) is 0 Å². The van der Waals surface area contributed by atoms with Crippen molar-refractivity contribution in [3.63, 3.8) is 0 Å². The van der Waals surface area contributed by atoms with E-state index in [4.69, 9.17) is 0 Å². The van der Waals surface area contributed by atoms with Gasteiger partial charge in [-0.15, -0.1) is 0 Å². The predicted octanol–water partition coefficient (Wildman–Crippen LogP) is 3.18. The van der Waals surface area contributed by atoms with Crippen molar-refractivity contribution in [1.82, 2.24) is 14.8 Å². The molecule has 0 aliphatic rings. The van der Waals surface area contributed by atoms with Crippen LogP contribution in [0.3, 0.4) is 0 Å². The molecule has 2 N–H and O–H groups in total. The van der Waals surface area contributed by atoms with Gasteiger partial charge in [-0.2, -0.15) is 5.10 Å². The van der Waals surface area contributed by atoms with Gasteiger partial charge in [-0.05, 0) is 25.0 Å². The Morgan fingerprint density at radius 3 is 2.48 bits per heavy atom. The standard InChI is InChI=1S/C15H21N3O2.2HI.V/c1-11-4-5-14(12(2)6-11)15(20,13(3)7-19)8-18-10-16-9-17-18;;;/h4-6,9-10,13,19-20H,7-8H2,1-3H3;2*1H;/q;;;+2/p-2/t13-,15+;;;/m0.../s1. The molecule has 0 bridgehead atoms. The fraction of sp³-hybridized carbons (Fsp3) is 0.467. The van der Waals surface area contributed by atoms with Crippen LogP contribution >= 0.6 is 40.0 Å². The quantitative estimate of drug-likeness (QED) is 0.534. The second-order valence-corrected chi connectivity index (χ2v) is 17.3. The Bertz CT molecular complexity index is 598. The van der Waals surface area contributed by atoms with Gasteiger partial charge < -0.3 is 10.2 Å². The normalized spacial score (nSPS) is 14.4. The van der Waals surface area contributed by atoms with E-state index in [-0.39, 0.29) is 19.1 Å². The molecule has 1 aromatic carbocycles. The van der Waals surface area contributed by atoms with Crippen molar-refractivity contribution in [3.8, 4) is 0 Å². The van der Waals surface area contributed by atoms with Gasteiger partial charge in [-0.3, -0.25) is 0 Å². The maximum absolute atomic E-state index is 11.1. The first-order valence-electron chi connectivity index (χ1n) is 7.04. The van der Waals surface area contributed by atoms with Crippen molar-refractivity contribution < 1.29 is 19.7 Å². The second kappa shape index (κ2) is 10.3. The first-order valence-corrected chi connectivity index (χ1v) is 16.1. The third kappa shape index (κ3) is 5.96. The fourth-order valence-electron chi connectivity index (χ4n) is 2.52. The Morgan fingerprint density at radius 2 is 2.00 bits per heavy atom. The summed E-state index contributed by atoms with van der Waals surface area (Å²) in [5.41, 5.74) is 1.79. The average Bonchev–Trinajstić information content (AvgIpc) is 2.99. The molecule has 0 aliphatic carbocycles. The molecule has 0 saturated heterocycles. The zero-order valence-electron chi connectivity index (χ0n) is 13.3. The number of aliphatic hydroxyl groups excluding tert-OH is 1. The predicted molar refractivity (Wildman–Crippen MR) is 104 cm³/mol. The minimum absolute atomic E-state index is 0.0987. The van der Waals surface area contributed by atoms with E-state index in [2.05, 4.69) is 50.0 Å². The molecule has 2 aromatic rings. The summed E-state index contributed by atoms with van der Waals surface area (Å²) >= 11 is 4.74. The van der Waals surface area contributed by atoms with E-state index in [1.807, 2.05) is 39.0 Å². The Kier molecular flexibility index (Phi) is 9.61.